The van der Waals surface area contributed by atoms with Crippen LogP contribution in [-0.4, -0.2) is 30.1 Å². The summed E-state index contributed by atoms with van der Waals surface area (Å²) >= 11 is 0. The number of halogens is 3. The highest BCUT2D eigenvalue weighted by molar-refractivity contribution is 5.20. The Morgan fingerprint density at radius 1 is 1.17 bits per heavy atom. The molecule has 5 heteroatoms. The van der Waals surface area contributed by atoms with Crippen molar-refractivity contribution in [2.45, 2.75) is 32.5 Å². The number of hydrogen-bond donors (Lipinski definition) is 1. The van der Waals surface area contributed by atoms with Gasteiger partial charge in [0.1, 0.15) is 5.82 Å². The predicted octanol–water partition coefficient (Wildman–Crippen LogP) is 2.29. The molecule has 1 aliphatic heterocycles. The zero-order valence-corrected chi connectivity index (χ0v) is 10.5. The number of nitrogens with one attached hydrogen (secondary N) is 1. The lowest BCUT2D eigenvalue weighted by Crippen LogP contribution is -2.53. The molecule has 1 N–H and O–H groups in total. The Balaban J connectivity index is 2.15. The van der Waals surface area contributed by atoms with Crippen LogP contribution < -0.4 is 5.32 Å². The molecule has 0 amide bonds. The summed E-state index contributed by atoms with van der Waals surface area (Å²) in [4.78, 5) is 2.07. The van der Waals surface area contributed by atoms with Gasteiger partial charge in [-0.1, -0.05) is 0 Å². The highest BCUT2D eigenvalue weighted by atomic mass is 19.2. The maximum absolute atomic E-state index is 13.6. The molecule has 0 spiro atoms. The van der Waals surface area contributed by atoms with Crippen molar-refractivity contribution in [1.82, 2.24) is 10.2 Å². The molecule has 1 aromatic rings. The van der Waals surface area contributed by atoms with Crippen LogP contribution in [0.25, 0.3) is 0 Å². The van der Waals surface area contributed by atoms with E-state index in [4.69, 9.17) is 0 Å². The van der Waals surface area contributed by atoms with E-state index in [1.165, 1.54) is 0 Å². The molecule has 0 radical (unpaired) electrons. The van der Waals surface area contributed by atoms with Gasteiger partial charge < -0.3 is 5.32 Å². The average Bonchev–Trinajstić information content (AvgIpc) is 2.30. The van der Waals surface area contributed by atoms with Crippen molar-refractivity contribution in [2.24, 2.45) is 0 Å². The third-order valence-electron chi connectivity index (χ3n) is 3.36. The zero-order valence-electron chi connectivity index (χ0n) is 10.5. The van der Waals surface area contributed by atoms with Crippen molar-refractivity contribution in [2.75, 3.05) is 13.1 Å². The Labute approximate surface area is 105 Å². The molecule has 1 aromatic carbocycles. The summed E-state index contributed by atoms with van der Waals surface area (Å²) in [5.41, 5.74) is 0.204. The van der Waals surface area contributed by atoms with Gasteiger partial charge in [-0.3, -0.25) is 4.90 Å². The van der Waals surface area contributed by atoms with Gasteiger partial charge in [0.2, 0.25) is 0 Å². The number of rotatable bonds is 2. The maximum atomic E-state index is 13.6. The molecule has 2 atom stereocenters. The molecule has 1 aliphatic rings. The predicted molar refractivity (Wildman–Crippen MR) is 63.7 cm³/mol. The van der Waals surface area contributed by atoms with Crippen molar-refractivity contribution < 1.29 is 13.2 Å². The van der Waals surface area contributed by atoms with Crippen LogP contribution in [0.4, 0.5) is 13.2 Å². The van der Waals surface area contributed by atoms with Crippen LogP contribution >= 0.6 is 0 Å². The summed E-state index contributed by atoms with van der Waals surface area (Å²) in [7, 11) is 0. The minimum absolute atomic E-state index is 0.204. The summed E-state index contributed by atoms with van der Waals surface area (Å²) in [6.07, 6.45) is 0. The summed E-state index contributed by atoms with van der Waals surface area (Å²) in [6.45, 7) is 5.94. The Morgan fingerprint density at radius 3 is 2.56 bits per heavy atom. The van der Waals surface area contributed by atoms with Crippen LogP contribution in [0, 0.1) is 17.5 Å². The monoisotopic (exact) mass is 258 g/mol. The van der Waals surface area contributed by atoms with Gasteiger partial charge in [-0.05, 0) is 19.9 Å². The van der Waals surface area contributed by atoms with E-state index < -0.39 is 17.5 Å². The molecule has 100 valence electrons. The molecule has 2 rings (SSSR count). The van der Waals surface area contributed by atoms with E-state index in [1.54, 1.807) is 0 Å². The van der Waals surface area contributed by atoms with E-state index in [0.717, 1.165) is 19.2 Å². The van der Waals surface area contributed by atoms with Crippen LogP contribution in [0.3, 0.4) is 0 Å². The maximum Gasteiger partial charge on any atom is 0.161 e. The minimum atomic E-state index is -1.14. The molecule has 0 saturated carbocycles. The largest absolute Gasteiger partial charge is 0.311 e. The molecule has 18 heavy (non-hydrogen) atoms. The Kier molecular flexibility index (Phi) is 3.92. The van der Waals surface area contributed by atoms with Crippen LogP contribution in [-0.2, 0) is 6.54 Å². The first kappa shape index (κ1) is 13.4. The Morgan fingerprint density at radius 2 is 1.83 bits per heavy atom. The topological polar surface area (TPSA) is 15.3 Å². The van der Waals surface area contributed by atoms with Gasteiger partial charge in [0.05, 0.1) is 0 Å². The second-order valence-electron chi connectivity index (χ2n) is 4.95. The van der Waals surface area contributed by atoms with Gasteiger partial charge in [-0.25, -0.2) is 13.2 Å². The average molecular weight is 258 g/mol. The lowest BCUT2D eigenvalue weighted by atomic mass is 10.1. The van der Waals surface area contributed by atoms with Gasteiger partial charge >= 0.3 is 0 Å². The summed E-state index contributed by atoms with van der Waals surface area (Å²) in [5.74, 6) is -2.83. The van der Waals surface area contributed by atoms with Gasteiger partial charge in [-0.15, -0.1) is 0 Å². The molecule has 0 bridgehead atoms. The van der Waals surface area contributed by atoms with Crippen molar-refractivity contribution in [1.29, 1.82) is 0 Å². The smallest absolute Gasteiger partial charge is 0.161 e. The Hall–Kier alpha value is -1.07. The quantitative estimate of drug-likeness (QED) is 0.819. The SMILES string of the molecule is CC1CN(Cc2cc(F)c(F)cc2F)C(C)CN1. The third-order valence-corrected chi connectivity index (χ3v) is 3.36. The zero-order chi connectivity index (χ0) is 13.3. The lowest BCUT2D eigenvalue weighted by molar-refractivity contribution is 0.137. The first-order chi connectivity index (χ1) is 8.47. The molecule has 1 fully saturated rings. The van der Waals surface area contributed by atoms with E-state index in [0.29, 0.717) is 18.7 Å². The molecule has 2 nitrogen and oxygen atoms in total. The highest BCUT2D eigenvalue weighted by Crippen LogP contribution is 2.18. The molecule has 0 aliphatic carbocycles. The van der Waals surface area contributed by atoms with Crippen LogP contribution in [0.5, 0.6) is 0 Å². The molecular weight excluding hydrogens is 241 g/mol. The summed E-state index contributed by atoms with van der Waals surface area (Å²) in [6, 6.07) is 2.12. The molecular formula is C13H17F3N2. The fraction of sp³-hybridized carbons (Fsp3) is 0.538. The van der Waals surface area contributed by atoms with Crippen LogP contribution in [0.15, 0.2) is 12.1 Å². The molecule has 1 heterocycles. The third kappa shape index (κ3) is 2.84. The number of piperazine rings is 1. The fourth-order valence-corrected chi connectivity index (χ4v) is 2.22. The van der Waals surface area contributed by atoms with Gasteiger partial charge in [0, 0.05) is 43.3 Å². The van der Waals surface area contributed by atoms with Crippen LogP contribution in [0.2, 0.25) is 0 Å². The Bertz CT molecular complexity index is 436. The van der Waals surface area contributed by atoms with Gasteiger partial charge in [0.25, 0.3) is 0 Å². The van der Waals surface area contributed by atoms with Crippen molar-refractivity contribution in [3.05, 3.63) is 35.1 Å². The second kappa shape index (κ2) is 5.28. The molecule has 1 saturated heterocycles. The number of benzene rings is 1. The van der Waals surface area contributed by atoms with Gasteiger partial charge in [-0.2, -0.15) is 0 Å². The molecule has 2 unspecified atom stereocenters. The lowest BCUT2D eigenvalue weighted by Gasteiger charge is -2.37. The van der Waals surface area contributed by atoms with E-state index in [1.807, 2.05) is 13.8 Å². The first-order valence-corrected chi connectivity index (χ1v) is 6.08. The standard InChI is InChI=1S/C13H17F3N2/c1-8-6-18(9(2)5-17-8)7-10-3-12(15)13(16)4-11(10)14/h3-4,8-9,17H,5-7H2,1-2H3. The summed E-state index contributed by atoms with van der Waals surface area (Å²) < 4.78 is 39.5. The highest BCUT2D eigenvalue weighted by Gasteiger charge is 2.23. The van der Waals surface area contributed by atoms with Crippen molar-refractivity contribution in [3.63, 3.8) is 0 Å². The second-order valence-corrected chi connectivity index (χ2v) is 4.95. The van der Waals surface area contributed by atoms with Crippen LogP contribution in [0.1, 0.15) is 19.4 Å². The minimum Gasteiger partial charge on any atom is -0.311 e. The normalized spacial score (nSPS) is 25.4. The van der Waals surface area contributed by atoms with Crippen molar-refractivity contribution in [3.8, 4) is 0 Å². The number of nitrogens with zero attached hydrogens (tertiary/aromatic N) is 1. The van der Waals surface area contributed by atoms with E-state index >= 15 is 0 Å². The van der Waals surface area contributed by atoms with Gasteiger partial charge in [0.15, 0.2) is 11.6 Å². The fourth-order valence-electron chi connectivity index (χ4n) is 2.22. The van der Waals surface area contributed by atoms with E-state index in [9.17, 15) is 13.2 Å². The van der Waals surface area contributed by atoms with E-state index in [-0.39, 0.29) is 11.6 Å². The van der Waals surface area contributed by atoms with E-state index in [2.05, 4.69) is 10.2 Å². The number of hydrogen-bond acceptors (Lipinski definition) is 2. The summed E-state index contributed by atoms with van der Waals surface area (Å²) in [5, 5.41) is 3.31. The first-order valence-electron chi connectivity index (χ1n) is 6.08. The molecule has 0 aromatic heterocycles. The van der Waals surface area contributed by atoms with Crippen molar-refractivity contribution >= 4 is 0 Å².